The monoisotopic (exact) mass is 1550 g/mol. The van der Waals surface area contributed by atoms with Gasteiger partial charge in [0.1, 0.15) is 45.5 Å². The Labute approximate surface area is 621 Å². The van der Waals surface area contributed by atoms with Crippen LogP contribution < -0.4 is 22.0 Å². The Morgan fingerprint density at radius 2 is 0.973 bits per heavy atom. The van der Waals surface area contributed by atoms with Gasteiger partial charge in [0.25, 0.3) is 0 Å². The molecule has 2 aliphatic carbocycles. The molecule has 22 nitrogen and oxygen atoms in total. The van der Waals surface area contributed by atoms with Gasteiger partial charge in [-0.05, 0) is 89.5 Å². The quantitative estimate of drug-likeness (QED) is 0.00661. The molecule has 0 saturated carbocycles. The number of phenols is 2. The predicted octanol–water partition coefficient (Wildman–Crippen LogP) is 13.0. The summed E-state index contributed by atoms with van der Waals surface area (Å²) in [5.74, 6) is -28.1. The first kappa shape index (κ1) is 79.0. The molecule has 0 amide bonds. The number of phenolic OH excluding ortho intramolecular Hbond substituents is 2. The Kier molecular flexibility index (Phi) is 22.3. The fourth-order valence-electron chi connectivity index (χ4n) is 12.2. The first-order valence-electron chi connectivity index (χ1n) is 33.0. The number of fused-ring (bicyclic) bond motifs is 8. The Morgan fingerprint density at radius 3 is 1.49 bits per heavy atom. The van der Waals surface area contributed by atoms with Crippen molar-refractivity contribution in [3.05, 3.63) is 289 Å². The number of Topliss-reactive ketones (excluding diaryl/α,β-unsaturated/α-hetero) is 1. The van der Waals surface area contributed by atoms with Crippen molar-refractivity contribution >= 4 is 119 Å². The number of nitrogen functional groups attached to an aromatic ring is 1. The lowest BCUT2D eigenvalue weighted by atomic mass is 9.84. The van der Waals surface area contributed by atoms with Crippen molar-refractivity contribution < 1.29 is 116 Å². The lowest BCUT2D eigenvalue weighted by Gasteiger charge is -2.19. The van der Waals surface area contributed by atoms with Crippen LogP contribution in [0.4, 0.5) is 55.3 Å². The third-order valence-electron chi connectivity index (χ3n) is 17.4. The summed E-state index contributed by atoms with van der Waals surface area (Å²) in [6.07, 6.45) is 1.73. The molecule has 1 unspecified atom stereocenters. The molecule has 5 N–H and O–H groups in total. The van der Waals surface area contributed by atoms with Crippen molar-refractivity contribution in [2.24, 2.45) is 10.9 Å². The average molecular weight is 1550 g/mol. The first-order chi connectivity index (χ1) is 53.2. The van der Waals surface area contributed by atoms with E-state index in [0.29, 0.717) is 23.4 Å². The second kappa shape index (κ2) is 31.6. The summed E-state index contributed by atoms with van der Waals surface area (Å²) >= 11 is 0. The van der Waals surface area contributed by atoms with E-state index in [1.807, 2.05) is 0 Å². The van der Waals surface area contributed by atoms with Crippen LogP contribution in [0.15, 0.2) is 163 Å². The van der Waals surface area contributed by atoms with Gasteiger partial charge in [-0.25, -0.2) is 49.1 Å². The second-order valence-corrected chi connectivity index (χ2v) is 24.7. The van der Waals surface area contributed by atoms with Crippen molar-refractivity contribution in [2.75, 3.05) is 46.2 Å². The van der Waals surface area contributed by atoms with E-state index in [9.17, 15) is 112 Å². The molecule has 570 valence electrons. The van der Waals surface area contributed by atoms with Gasteiger partial charge in [-0.1, -0.05) is 72.8 Å². The fourth-order valence-corrected chi connectivity index (χ4v) is 12.2. The van der Waals surface area contributed by atoms with E-state index in [0.717, 1.165) is 18.3 Å². The summed E-state index contributed by atoms with van der Waals surface area (Å²) in [5.41, 5.74) is 0.744. The number of hydrogen-bond donors (Lipinski definition) is 4. The molecule has 32 heteroatoms. The number of aromatic nitrogens is 1. The normalized spacial score (nSPS) is 12.6. The van der Waals surface area contributed by atoms with E-state index in [-0.39, 0.29) is 144 Å². The van der Waals surface area contributed by atoms with Crippen molar-refractivity contribution in [1.82, 2.24) is 9.30 Å². The van der Waals surface area contributed by atoms with Crippen molar-refractivity contribution in [1.29, 1.82) is 0 Å². The van der Waals surface area contributed by atoms with Gasteiger partial charge >= 0.3 is 17.9 Å². The number of pyridine rings is 1. The topological polar surface area (TPSA) is 335 Å². The number of aliphatic imine (C=N–C) groups is 1. The number of ether oxygens (including phenoxy) is 3. The maximum absolute atomic E-state index is 14.8. The summed E-state index contributed by atoms with van der Waals surface area (Å²) in [7, 11) is 3.09. The summed E-state index contributed by atoms with van der Waals surface area (Å²) < 4.78 is 159. The number of nitrogens with two attached hydrogens (primary N) is 1. The fraction of sp³-hybridized carbons (Fsp3) is 0.125. The highest BCUT2D eigenvalue weighted by Crippen LogP contribution is 2.38. The summed E-state index contributed by atoms with van der Waals surface area (Å²) in [5, 5.41) is 30.6. The highest BCUT2D eigenvalue weighted by Gasteiger charge is 2.36. The van der Waals surface area contributed by atoms with Crippen LogP contribution in [0, 0.1) is 64.1 Å². The zero-order valence-electron chi connectivity index (χ0n) is 58.3. The van der Waals surface area contributed by atoms with E-state index >= 15 is 0 Å². The SMILES string of the molecule is CCOC(=O)C(C=Nc1cc2c(cc1O)C(=O)c1ccccc1C2=O)=C(O)c1cc(F)c(F)c(F)c1F.CCOC(=O)C(CN(C)C)C(=O)c1cc(F)c(F)c(F)c1F.CCOC(=O)c1cn2c3cc4c(=O)c5ccccc5c(=O)c4cc3oc3c(F)c(F)cc(c1=O)c32.Nc1cc2c(cc1O)C(=O)c1ccccc1C2=O. The number of esters is 3. The lowest BCUT2D eigenvalue weighted by Crippen LogP contribution is -2.36. The van der Waals surface area contributed by atoms with E-state index in [1.165, 1.54) is 65.6 Å². The Bertz CT molecular complexity index is 6300. The highest BCUT2D eigenvalue weighted by atomic mass is 19.2. The van der Waals surface area contributed by atoms with Crippen molar-refractivity contribution in [2.45, 2.75) is 20.8 Å². The molecule has 0 fully saturated rings. The standard InChI is InChI=1S/C26H15F4NO6.C26H13F2NO6.C14H15F4NO3.C14H9NO3/c1-2-37-26(36)16(25(35)15-7-17(27)21(29)22(30)20(15)28)10-31-18-8-13-14(9-19(18)32)24(34)12-6-4-3-5-11(12)23(13)33;1-2-34-26(33)16-10-29-18-8-13-14(23(31)12-6-4-3-5-11(12)22(13)30)9-19(18)35-25-20(28)17(27)7-15(21(25)29)24(16)32;1-4-22-14(21)8(6-19(2)3)13(20)7-5-9(15)11(17)12(18)10(7)16;15-11-5-9-10(6-12(11)16)14(18)8-4-2-1-3-7(8)13(9)17/h3-10,32,35H,2H2,1H3;3-10H,2H2,1H3;5,8H,4,6H2,1-3H3;1-6,16H,15H2. The maximum Gasteiger partial charge on any atom is 0.343 e. The molecule has 14 rings (SSSR count). The van der Waals surface area contributed by atoms with Crippen LogP contribution in [-0.2, 0) is 23.8 Å². The summed E-state index contributed by atoms with van der Waals surface area (Å²) in [6.45, 7) is 4.05. The molecule has 0 bridgehead atoms. The minimum Gasteiger partial charge on any atom is -0.506 e. The van der Waals surface area contributed by atoms with Gasteiger partial charge in [-0.3, -0.25) is 48.1 Å². The predicted molar refractivity (Wildman–Crippen MR) is 383 cm³/mol. The zero-order valence-corrected chi connectivity index (χ0v) is 58.3. The molecule has 2 heterocycles. The number of halogens is 10. The Morgan fingerprint density at radius 1 is 0.509 bits per heavy atom. The lowest BCUT2D eigenvalue weighted by molar-refractivity contribution is -0.146. The molecule has 2 aliphatic rings. The minimum absolute atomic E-state index is 0.0113. The molecule has 10 aromatic carbocycles. The van der Waals surface area contributed by atoms with Gasteiger partial charge in [0.05, 0.1) is 47.5 Å². The molecular formula is C80H52F10N4O18. The number of aliphatic hydroxyl groups is 1. The summed E-state index contributed by atoms with van der Waals surface area (Å²) in [4.78, 5) is 144. The highest BCUT2D eigenvalue weighted by molar-refractivity contribution is 6.30. The van der Waals surface area contributed by atoms with Crippen molar-refractivity contribution in [3.63, 3.8) is 0 Å². The molecule has 0 aliphatic heterocycles. The molecule has 112 heavy (non-hydrogen) atoms. The Hall–Kier alpha value is -14.0. The average Bonchev–Trinajstić information content (AvgIpc) is 0.710. The first-order valence-corrected chi connectivity index (χ1v) is 33.0. The van der Waals surface area contributed by atoms with Gasteiger partial charge in [0.2, 0.25) is 11.2 Å². The largest absolute Gasteiger partial charge is 0.506 e. The molecule has 1 atom stereocenters. The molecule has 0 saturated heterocycles. The second-order valence-electron chi connectivity index (χ2n) is 24.7. The molecule has 0 radical (unpaired) electrons. The van der Waals surface area contributed by atoms with E-state index in [2.05, 4.69) is 4.99 Å². The van der Waals surface area contributed by atoms with Crippen LogP contribution in [0.2, 0.25) is 0 Å². The van der Waals surface area contributed by atoms with E-state index in [1.54, 1.807) is 75.6 Å². The van der Waals surface area contributed by atoms with Crippen LogP contribution in [0.1, 0.15) is 111 Å². The van der Waals surface area contributed by atoms with Gasteiger partial charge in [-0.2, -0.15) is 4.39 Å². The molecule has 12 aromatic rings. The molecular weight excluding hydrogens is 1490 g/mol. The third kappa shape index (κ3) is 14.4. The van der Waals surface area contributed by atoms with Crippen LogP contribution in [0.3, 0.4) is 0 Å². The number of ketones is 5. The third-order valence-corrected chi connectivity index (χ3v) is 17.4. The van der Waals surface area contributed by atoms with Gasteiger partial charge < -0.3 is 49.0 Å². The number of rotatable bonds is 13. The number of aliphatic hydroxyl groups excluding tert-OH is 1. The van der Waals surface area contributed by atoms with Gasteiger partial charge in [-0.15, -0.1) is 0 Å². The van der Waals surface area contributed by atoms with Gasteiger partial charge in [0.15, 0.2) is 103 Å². The number of benzene rings is 10. The van der Waals surface area contributed by atoms with Crippen LogP contribution in [0.25, 0.3) is 54.9 Å². The number of hydrogen-bond acceptors (Lipinski definition) is 21. The smallest absolute Gasteiger partial charge is 0.343 e. The van der Waals surface area contributed by atoms with E-state index in [4.69, 9.17) is 24.4 Å². The number of anilines is 1. The Balaban J connectivity index is 0.000000154. The number of nitrogens with zero attached hydrogens (tertiary/aromatic N) is 3. The minimum atomic E-state index is -2.22. The molecule has 2 aromatic heterocycles. The van der Waals surface area contributed by atoms with Gasteiger partial charge in [0, 0.05) is 85.0 Å². The number of carbonyl (C=O) groups excluding carboxylic acids is 8. The maximum atomic E-state index is 14.8. The molecule has 0 spiro atoms. The van der Waals surface area contributed by atoms with Crippen LogP contribution in [-0.4, -0.2) is 118 Å². The van der Waals surface area contributed by atoms with Crippen molar-refractivity contribution in [3.8, 4) is 11.5 Å². The zero-order chi connectivity index (χ0) is 81.5. The summed E-state index contributed by atoms with van der Waals surface area (Å²) in [6, 6.07) is 27.4. The van der Waals surface area contributed by atoms with E-state index < -0.39 is 155 Å². The number of aromatic hydroxyl groups is 2. The van der Waals surface area contributed by atoms with Crippen LogP contribution in [0.5, 0.6) is 11.5 Å². The van der Waals surface area contributed by atoms with Crippen LogP contribution >= 0.6 is 0 Å². The number of carbonyl (C=O) groups is 8.